The van der Waals surface area contributed by atoms with Crippen molar-refractivity contribution in [3.63, 3.8) is 0 Å². The molecule has 0 unspecified atom stereocenters. The predicted octanol–water partition coefficient (Wildman–Crippen LogP) is 7.22. The van der Waals surface area contributed by atoms with Crippen molar-refractivity contribution in [2.75, 3.05) is 0 Å². The Morgan fingerprint density at radius 1 is 0.871 bits per heavy atom. The van der Waals surface area contributed by atoms with Gasteiger partial charge in [-0.25, -0.2) is 0 Å². The maximum Gasteiger partial charge on any atom is 0.0728 e. The highest BCUT2D eigenvalue weighted by atomic mass is 16.3. The zero-order valence-electron chi connectivity index (χ0n) is 21.5. The highest BCUT2D eigenvalue weighted by Crippen LogP contribution is 2.69. The predicted molar refractivity (Wildman–Crippen MR) is 130 cm³/mol. The summed E-state index contributed by atoms with van der Waals surface area (Å²) in [5.41, 5.74) is -0.0944. The Morgan fingerprint density at radius 3 is 2.29 bits per heavy atom. The number of hydrogen-bond donors (Lipinski definition) is 2. The van der Waals surface area contributed by atoms with Crippen LogP contribution in [0.3, 0.4) is 0 Å². The highest BCUT2D eigenvalue weighted by Gasteiger charge is 2.64. The fourth-order valence-electron chi connectivity index (χ4n) is 9.89. The molecule has 0 aromatic carbocycles. The standard InChI is InChI=1S/C29H52O2/c1-7-21(19(2)3)9-8-20(4)24-10-11-25-23-13-17-29(31)18-22(30)12-16-28(29,6)26(23)14-15-27(24,25)5/h19-26,30-31H,7-18H2,1-6H3/t20-,21-,22+,23+,24-,25+,26+,27-,28-,29-/m1/s1. The molecule has 0 spiro atoms. The smallest absolute Gasteiger partial charge is 0.0728 e. The third-order valence-electron chi connectivity index (χ3n) is 12.0. The zero-order chi connectivity index (χ0) is 22.6. The van der Waals surface area contributed by atoms with Crippen LogP contribution in [-0.4, -0.2) is 21.9 Å². The van der Waals surface area contributed by atoms with Crippen LogP contribution in [0.1, 0.15) is 119 Å². The van der Waals surface area contributed by atoms with E-state index in [0.717, 1.165) is 54.8 Å². The topological polar surface area (TPSA) is 40.5 Å². The molecule has 0 radical (unpaired) electrons. The first kappa shape index (κ1) is 24.1. The van der Waals surface area contributed by atoms with E-state index in [-0.39, 0.29) is 11.5 Å². The van der Waals surface area contributed by atoms with Crippen LogP contribution < -0.4 is 0 Å². The second-order valence-corrected chi connectivity index (χ2v) is 13.5. The van der Waals surface area contributed by atoms with E-state index in [1.165, 1.54) is 51.4 Å². The van der Waals surface area contributed by atoms with Crippen LogP contribution in [0.5, 0.6) is 0 Å². The van der Waals surface area contributed by atoms with Gasteiger partial charge in [0.1, 0.15) is 0 Å². The van der Waals surface area contributed by atoms with E-state index < -0.39 is 5.60 Å². The fraction of sp³-hybridized carbons (Fsp3) is 1.00. The molecule has 180 valence electrons. The number of hydrogen-bond acceptors (Lipinski definition) is 2. The molecule has 4 rings (SSSR count). The van der Waals surface area contributed by atoms with Gasteiger partial charge in [0.05, 0.1) is 11.7 Å². The molecule has 4 aliphatic rings. The van der Waals surface area contributed by atoms with Crippen molar-refractivity contribution in [1.29, 1.82) is 0 Å². The quantitative estimate of drug-likeness (QED) is 0.465. The van der Waals surface area contributed by atoms with Crippen molar-refractivity contribution >= 4 is 0 Å². The summed E-state index contributed by atoms with van der Waals surface area (Å²) in [5.74, 6) is 5.77. The van der Waals surface area contributed by atoms with Gasteiger partial charge in [0, 0.05) is 6.42 Å². The van der Waals surface area contributed by atoms with Crippen LogP contribution in [0.4, 0.5) is 0 Å². The summed E-state index contributed by atoms with van der Waals surface area (Å²) in [7, 11) is 0. The molecule has 0 bridgehead atoms. The first-order valence-corrected chi connectivity index (χ1v) is 14.0. The minimum atomic E-state index is -0.628. The fourth-order valence-corrected chi connectivity index (χ4v) is 9.89. The Balaban J connectivity index is 1.48. The second-order valence-electron chi connectivity index (χ2n) is 13.5. The molecule has 0 aliphatic heterocycles. The molecule has 2 nitrogen and oxygen atoms in total. The Kier molecular flexibility index (Phi) is 6.68. The minimum absolute atomic E-state index is 0.0196. The first-order valence-electron chi connectivity index (χ1n) is 14.0. The molecule has 0 amide bonds. The lowest BCUT2D eigenvalue weighted by molar-refractivity contribution is -0.220. The van der Waals surface area contributed by atoms with E-state index in [1.807, 2.05) is 0 Å². The molecule has 31 heavy (non-hydrogen) atoms. The Hall–Kier alpha value is -0.0800. The molecule has 0 heterocycles. The van der Waals surface area contributed by atoms with Crippen molar-refractivity contribution in [3.05, 3.63) is 0 Å². The average molecular weight is 433 g/mol. The summed E-state index contributed by atoms with van der Waals surface area (Å²) >= 11 is 0. The van der Waals surface area contributed by atoms with Gasteiger partial charge < -0.3 is 10.2 Å². The number of rotatable bonds is 6. The third kappa shape index (κ3) is 3.84. The van der Waals surface area contributed by atoms with E-state index in [4.69, 9.17) is 0 Å². The van der Waals surface area contributed by atoms with E-state index in [9.17, 15) is 10.2 Å². The third-order valence-corrected chi connectivity index (χ3v) is 12.0. The van der Waals surface area contributed by atoms with Gasteiger partial charge in [-0.15, -0.1) is 0 Å². The molecule has 10 atom stereocenters. The molecule has 4 fully saturated rings. The molecule has 4 aliphatic carbocycles. The van der Waals surface area contributed by atoms with Crippen LogP contribution in [0.2, 0.25) is 0 Å². The SMILES string of the molecule is CC[C@H](CC[C@@H](C)[C@H]1CC[C@H]2[C@@H]3CC[C@@]4(O)C[C@@H](O)CC[C@]4(C)[C@H]3CC[C@]12C)C(C)C. The van der Waals surface area contributed by atoms with Crippen molar-refractivity contribution < 1.29 is 10.2 Å². The second kappa shape index (κ2) is 8.61. The lowest BCUT2D eigenvalue weighted by Crippen LogP contribution is -2.62. The minimum Gasteiger partial charge on any atom is -0.393 e. The maximum absolute atomic E-state index is 11.6. The normalized spacial score (nSPS) is 49.3. The summed E-state index contributed by atoms with van der Waals surface area (Å²) in [6.45, 7) is 14.8. The maximum atomic E-state index is 11.6. The van der Waals surface area contributed by atoms with Gasteiger partial charge >= 0.3 is 0 Å². The summed E-state index contributed by atoms with van der Waals surface area (Å²) < 4.78 is 0. The van der Waals surface area contributed by atoms with Crippen LogP contribution in [0.25, 0.3) is 0 Å². The van der Waals surface area contributed by atoms with Crippen molar-refractivity contribution in [1.82, 2.24) is 0 Å². The first-order chi connectivity index (χ1) is 14.6. The van der Waals surface area contributed by atoms with Gasteiger partial charge in [-0.3, -0.25) is 0 Å². The van der Waals surface area contributed by atoms with Crippen LogP contribution in [0, 0.1) is 52.3 Å². The Bertz CT molecular complexity index is 630. The number of aliphatic hydroxyl groups is 2. The summed E-state index contributed by atoms with van der Waals surface area (Å²) in [5, 5.41) is 21.9. The summed E-state index contributed by atoms with van der Waals surface area (Å²) in [6, 6.07) is 0. The molecule has 4 saturated carbocycles. The van der Waals surface area contributed by atoms with Crippen LogP contribution in [-0.2, 0) is 0 Å². The summed E-state index contributed by atoms with van der Waals surface area (Å²) in [6.07, 6.45) is 14.0. The molecule has 0 aromatic rings. The van der Waals surface area contributed by atoms with Crippen molar-refractivity contribution in [3.8, 4) is 0 Å². The van der Waals surface area contributed by atoms with E-state index in [0.29, 0.717) is 17.8 Å². The summed E-state index contributed by atoms with van der Waals surface area (Å²) in [4.78, 5) is 0. The lowest BCUT2D eigenvalue weighted by Gasteiger charge is -2.64. The van der Waals surface area contributed by atoms with Crippen LogP contribution >= 0.6 is 0 Å². The Labute approximate surface area is 193 Å². The molecule has 0 aromatic heterocycles. The van der Waals surface area contributed by atoms with Crippen LogP contribution in [0.15, 0.2) is 0 Å². The van der Waals surface area contributed by atoms with E-state index >= 15 is 0 Å². The van der Waals surface area contributed by atoms with Crippen molar-refractivity contribution in [2.24, 2.45) is 52.3 Å². The highest BCUT2D eigenvalue weighted by molar-refractivity contribution is 5.14. The molecular weight excluding hydrogens is 380 g/mol. The largest absolute Gasteiger partial charge is 0.393 e. The average Bonchev–Trinajstić information content (AvgIpc) is 3.06. The van der Waals surface area contributed by atoms with Crippen molar-refractivity contribution in [2.45, 2.75) is 130 Å². The van der Waals surface area contributed by atoms with E-state index in [2.05, 4.69) is 41.5 Å². The monoisotopic (exact) mass is 432 g/mol. The molecule has 2 N–H and O–H groups in total. The molecular formula is C29H52O2. The zero-order valence-corrected chi connectivity index (χ0v) is 21.5. The lowest BCUT2D eigenvalue weighted by atomic mass is 9.43. The van der Waals surface area contributed by atoms with Gasteiger partial charge in [0.2, 0.25) is 0 Å². The van der Waals surface area contributed by atoms with E-state index in [1.54, 1.807) is 0 Å². The molecule has 2 heteroatoms. The van der Waals surface area contributed by atoms with Gasteiger partial charge in [-0.05, 0) is 110 Å². The number of fused-ring (bicyclic) bond motifs is 5. The molecule has 0 saturated heterocycles. The Morgan fingerprint density at radius 2 is 1.61 bits per heavy atom. The van der Waals surface area contributed by atoms with Gasteiger partial charge in [-0.1, -0.05) is 54.4 Å². The van der Waals surface area contributed by atoms with Gasteiger partial charge in [-0.2, -0.15) is 0 Å². The number of aliphatic hydroxyl groups excluding tert-OH is 1. The van der Waals surface area contributed by atoms with Gasteiger partial charge in [0.25, 0.3) is 0 Å². The van der Waals surface area contributed by atoms with Gasteiger partial charge in [0.15, 0.2) is 0 Å².